The van der Waals surface area contributed by atoms with Gasteiger partial charge in [0.1, 0.15) is 5.82 Å². The molecule has 4 nitrogen and oxygen atoms in total. The minimum atomic E-state index is -1.19. The highest BCUT2D eigenvalue weighted by Crippen LogP contribution is 2.44. The molecule has 0 aliphatic carbocycles. The summed E-state index contributed by atoms with van der Waals surface area (Å²) in [6, 6.07) is 10.4. The highest BCUT2D eigenvalue weighted by atomic mass is 79.9. The maximum absolute atomic E-state index is 14.4. The summed E-state index contributed by atoms with van der Waals surface area (Å²) in [5, 5.41) is 9.11. The maximum Gasteiger partial charge on any atom is 0.329 e. The molecule has 146 valence electrons. The van der Waals surface area contributed by atoms with E-state index in [0.717, 1.165) is 28.3 Å². The Morgan fingerprint density at radius 3 is 2.57 bits per heavy atom. The molecule has 0 aromatic heterocycles. The Kier molecular flexibility index (Phi) is 5.68. The van der Waals surface area contributed by atoms with Crippen molar-refractivity contribution in [3.8, 4) is 0 Å². The SMILES string of the molecule is CC(C)(C)c1ccc2c(c1)N(Cc1ccc(Br)cc1F)C(=O)C(=CC(=O)O)S2. The maximum atomic E-state index is 14.4. The van der Waals surface area contributed by atoms with Crippen molar-refractivity contribution in [3.05, 3.63) is 68.8 Å². The van der Waals surface area contributed by atoms with Gasteiger partial charge in [-0.25, -0.2) is 9.18 Å². The number of nitrogens with zero attached hydrogens (tertiary/aromatic N) is 1. The number of carbonyl (C=O) groups excluding carboxylic acids is 1. The van der Waals surface area contributed by atoms with Crippen LogP contribution in [0, 0.1) is 5.82 Å². The number of fused-ring (bicyclic) bond motifs is 1. The number of hydrogen-bond acceptors (Lipinski definition) is 3. The predicted molar refractivity (Wildman–Crippen MR) is 112 cm³/mol. The first-order valence-corrected chi connectivity index (χ1v) is 10.2. The zero-order valence-corrected chi connectivity index (χ0v) is 18.0. The topological polar surface area (TPSA) is 57.6 Å². The fraction of sp³-hybridized carbons (Fsp3) is 0.238. The van der Waals surface area contributed by atoms with E-state index in [-0.39, 0.29) is 16.9 Å². The van der Waals surface area contributed by atoms with Crippen molar-refractivity contribution in [2.45, 2.75) is 37.6 Å². The molecule has 28 heavy (non-hydrogen) atoms. The fourth-order valence-electron chi connectivity index (χ4n) is 2.87. The summed E-state index contributed by atoms with van der Waals surface area (Å²) in [5.74, 6) is -2.08. The molecule has 1 aliphatic rings. The minimum absolute atomic E-state index is 0.00998. The van der Waals surface area contributed by atoms with Crippen molar-refractivity contribution in [2.75, 3.05) is 4.90 Å². The Labute approximate surface area is 175 Å². The number of benzene rings is 2. The Morgan fingerprint density at radius 2 is 1.96 bits per heavy atom. The molecule has 7 heteroatoms. The van der Waals surface area contributed by atoms with Gasteiger partial charge < -0.3 is 10.0 Å². The van der Waals surface area contributed by atoms with Crippen molar-refractivity contribution < 1.29 is 19.1 Å². The molecule has 1 N–H and O–H groups in total. The predicted octanol–water partition coefficient (Wildman–Crippen LogP) is 5.49. The van der Waals surface area contributed by atoms with Gasteiger partial charge >= 0.3 is 5.97 Å². The Bertz CT molecular complexity index is 998. The normalized spacial score (nSPS) is 15.7. The third-order valence-electron chi connectivity index (χ3n) is 4.39. The molecule has 0 saturated heterocycles. The van der Waals surface area contributed by atoms with Crippen LogP contribution >= 0.6 is 27.7 Å². The van der Waals surface area contributed by atoms with Crippen molar-refractivity contribution in [2.24, 2.45) is 0 Å². The van der Waals surface area contributed by atoms with Crippen molar-refractivity contribution in [1.29, 1.82) is 0 Å². The molecule has 2 aromatic carbocycles. The lowest BCUT2D eigenvalue weighted by Crippen LogP contribution is -2.34. The average molecular weight is 464 g/mol. The van der Waals surface area contributed by atoms with Crippen LogP contribution in [-0.2, 0) is 21.5 Å². The van der Waals surface area contributed by atoms with Crippen LogP contribution in [0.25, 0.3) is 0 Å². The molecule has 0 radical (unpaired) electrons. The van der Waals surface area contributed by atoms with E-state index in [4.69, 9.17) is 5.11 Å². The zero-order chi connectivity index (χ0) is 20.6. The highest BCUT2D eigenvalue weighted by molar-refractivity contribution is 9.10. The van der Waals surface area contributed by atoms with Crippen molar-refractivity contribution in [1.82, 2.24) is 0 Å². The Hall–Kier alpha value is -2.12. The van der Waals surface area contributed by atoms with E-state index in [1.165, 1.54) is 11.0 Å². The molecule has 2 aromatic rings. The lowest BCUT2D eigenvalue weighted by atomic mass is 9.87. The monoisotopic (exact) mass is 463 g/mol. The van der Waals surface area contributed by atoms with Gasteiger partial charge in [0.25, 0.3) is 5.91 Å². The standard InChI is InChI=1S/C21H19BrFNO3S/c1-21(2,3)13-5-7-17-16(8-13)24(20(27)18(28-17)10-19(25)26)11-12-4-6-14(22)9-15(12)23/h4-10H,11H2,1-3H3,(H,25,26). The molecule has 0 saturated carbocycles. The second-order valence-corrected chi connectivity index (χ2v) is 9.51. The average Bonchev–Trinajstić information content (AvgIpc) is 2.58. The second-order valence-electron chi connectivity index (χ2n) is 7.51. The third kappa shape index (κ3) is 4.31. The van der Waals surface area contributed by atoms with E-state index in [1.807, 2.05) is 18.2 Å². The summed E-state index contributed by atoms with van der Waals surface area (Å²) in [6.45, 7) is 6.22. The van der Waals surface area contributed by atoms with Gasteiger partial charge in [-0.1, -0.05) is 60.6 Å². The first kappa shape index (κ1) is 20.6. The van der Waals surface area contributed by atoms with Crippen molar-refractivity contribution in [3.63, 3.8) is 0 Å². The molecule has 1 aliphatic heterocycles. The second kappa shape index (κ2) is 7.72. The number of halogens is 2. The summed E-state index contributed by atoms with van der Waals surface area (Å²) >= 11 is 4.35. The number of hydrogen-bond donors (Lipinski definition) is 1. The molecule has 0 fully saturated rings. The molecule has 0 atom stereocenters. The number of rotatable bonds is 3. The van der Waals surface area contributed by atoms with Gasteiger partial charge in [0.15, 0.2) is 0 Å². The van der Waals surface area contributed by atoms with Gasteiger partial charge in [0.05, 0.1) is 17.1 Å². The lowest BCUT2D eigenvalue weighted by molar-refractivity contribution is -0.131. The van der Waals surface area contributed by atoms with Gasteiger partial charge in [-0.15, -0.1) is 0 Å². The number of anilines is 1. The molecular formula is C21H19BrFNO3S. The molecular weight excluding hydrogens is 445 g/mol. The smallest absolute Gasteiger partial charge is 0.329 e. The number of carboxylic acids is 1. The zero-order valence-electron chi connectivity index (χ0n) is 15.6. The first-order valence-electron chi connectivity index (χ1n) is 8.59. The van der Waals surface area contributed by atoms with E-state index in [2.05, 4.69) is 36.7 Å². The van der Waals surface area contributed by atoms with Gasteiger partial charge in [0.2, 0.25) is 0 Å². The van der Waals surface area contributed by atoms with Crippen LogP contribution in [0.15, 0.2) is 56.7 Å². The number of carbonyl (C=O) groups is 2. The van der Waals surface area contributed by atoms with Crippen LogP contribution in [0.5, 0.6) is 0 Å². The van der Waals surface area contributed by atoms with Crippen LogP contribution in [0.3, 0.4) is 0 Å². The third-order valence-corrected chi connectivity index (χ3v) is 5.96. The van der Waals surface area contributed by atoms with E-state index in [9.17, 15) is 14.0 Å². The Balaban J connectivity index is 2.12. The number of thioether (sulfide) groups is 1. The van der Waals surface area contributed by atoms with Crippen LogP contribution in [0.1, 0.15) is 31.9 Å². The minimum Gasteiger partial charge on any atom is -0.478 e. The summed E-state index contributed by atoms with van der Waals surface area (Å²) in [4.78, 5) is 26.5. The number of carboxylic acid groups (broad SMARTS) is 1. The van der Waals surface area contributed by atoms with E-state index in [0.29, 0.717) is 15.7 Å². The molecule has 0 spiro atoms. The Morgan fingerprint density at radius 1 is 1.25 bits per heavy atom. The van der Waals surface area contributed by atoms with Crippen LogP contribution in [-0.4, -0.2) is 17.0 Å². The van der Waals surface area contributed by atoms with Gasteiger partial charge in [-0.3, -0.25) is 4.79 Å². The van der Waals surface area contributed by atoms with Gasteiger partial charge in [-0.05, 0) is 35.2 Å². The molecule has 1 amide bonds. The lowest BCUT2D eigenvalue weighted by Gasteiger charge is -2.32. The van der Waals surface area contributed by atoms with Crippen molar-refractivity contribution >= 4 is 45.3 Å². The van der Waals surface area contributed by atoms with E-state index in [1.54, 1.807) is 12.1 Å². The molecule has 1 heterocycles. The number of amides is 1. The largest absolute Gasteiger partial charge is 0.478 e. The molecule has 0 unspecified atom stereocenters. The van der Waals surface area contributed by atoms with Crippen LogP contribution < -0.4 is 4.90 Å². The van der Waals surface area contributed by atoms with Crippen LogP contribution in [0.4, 0.5) is 10.1 Å². The molecule has 0 bridgehead atoms. The van der Waals surface area contributed by atoms with Crippen LogP contribution in [0.2, 0.25) is 0 Å². The summed E-state index contributed by atoms with van der Waals surface area (Å²) in [7, 11) is 0. The fourth-order valence-corrected chi connectivity index (χ4v) is 4.20. The number of aliphatic carboxylic acids is 1. The van der Waals surface area contributed by atoms with E-state index < -0.39 is 17.7 Å². The first-order chi connectivity index (χ1) is 13.1. The quantitative estimate of drug-likeness (QED) is 0.611. The summed E-state index contributed by atoms with van der Waals surface area (Å²) in [6.07, 6.45) is 0.901. The summed E-state index contributed by atoms with van der Waals surface area (Å²) in [5.41, 5.74) is 1.91. The molecule has 3 rings (SSSR count). The van der Waals surface area contributed by atoms with Gasteiger partial charge in [-0.2, -0.15) is 0 Å². The summed E-state index contributed by atoms with van der Waals surface area (Å²) < 4.78 is 15.0. The van der Waals surface area contributed by atoms with Gasteiger partial charge in [0, 0.05) is 21.0 Å². The highest BCUT2D eigenvalue weighted by Gasteiger charge is 2.31. The van der Waals surface area contributed by atoms with E-state index >= 15 is 0 Å².